The van der Waals surface area contributed by atoms with Gasteiger partial charge in [-0.15, -0.1) is 0 Å². The van der Waals surface area contributed by atoms with Crippen molar-refractivity contribution >= 4 is 12.1 Å². The number of hydrogen-bond donors (Lipinski definition) is 0. The SMILES string of the molecule is CCCCCCCCCOC(=O)CN(C)C(=O)OCC(C)C. The summed E-state index contributed by atoms with van der Waals surface area (Å²) in [6.45, 7) is 6.86. The fourth-order valence-corrected chi connectivity index (χ4v) is 1.90. The molecule has 0 bridgehead atoms. The first kappa shape index (κ1) is 20.7. The van der Waals surface area contributed by atoms with Gasteiger partial charge in [0, 0.05) is 7.05 Å². The highest BCUT2D eigenvalue weighted by molar-refractivity contribution is 5.77. The molecule has 0 atom stereocenters. The third-order valence-corrected chi connectivity index (χ3v) is 3.23. The molecule has 5 heteroatoms. The normalized spacial score (nSPS) is 10.6. The van der Waals surface area contributed by atoms with E-state index in [9.17, 15) is 9.59 Å². The molecular formula is C17H33NO4. The molecule has 0 saturated heterocycles. The lowest BCUT2D eigenvalue weighted by Crippen LogP contribution is -2.34. The zero-order valence-electron chi connectivity index (χ0n) is 14.7. The van der Waals surface area contributed by atoms with Crippen LogP contribution in [0.15, 0.2) is 0 Å². The second kappa shape index (κ2) is 13.4. The predicted octanol–water partition coefficient (Wildman–Crippen LogP) is 4.00. The average Bonchev–Trinajstić information content (AvgIpc) is 2.47. The Kier molecular flexibility index (Phi) is 12.6. The van der Waals surface area contributed by atoms with Crippen LogP contribution in [0.4, 0.5) is 4.79 Å². The Labute approximate surface area is 135 Å². The molecule has 0 saturated carbocycles. The van der Waals surface area contributed by atoms with E-state index in [0.29, 0.717) is 13.2 Å². The van der Waals surface area contributed by atoms with Gasteiger partial charge in [0.2, 0.25) is 0 Å². The van der Waals surface area contributed by atoms with Gasteiger partial charge < -0.3 is 14.4 Å². The highest BCUT2D eigenvalue weighted by Crippen LogP contribution is 2.07. The molecule has 0 aliphatic rings. The quantitative estimate of drug-likeness (QED) is 0.403. The Bertz CT molecular complexity index is 305. The topological polar surface area (TPSA) is 55.8 Å². The van der Waals surface area contributed by atoms with Crippen molar-refractivity contribution in [2.45, 2.75) is 65.7 Å². The van der Waals surface area contributed by atoms with Gasteiger partial charge in [0.25, 0.3) is 0 Å². The third-order valence-electron chi connectivity index (χ3n) is 3.23. The standard InChI is InChI=1S/C17H33NO4/c1-5-6-7-8-9-10-11-12-21-16(19)13-18(4)17(20)22-14-15(2)3/h15H,5-14H2,1-4H3. The molecule has 0 fully saturated rings. The summed E-state index contributed by atoms with van der Waals surface area (Å²) >= 11 is 0. The Morgan fingerprint density at radius 2 is 1.55 bits per heavy atom. The number of hydrogen-bond acceptors (Lipinski definition) is 4. The number of likely N-dealkylation sites (N-methyl/N-ethyl adjacent to an activating group) is 1. The second-order valence-corrected chi connectivity index (χ2v) is 6.17. The maximum Gasteiger partial charge on any atom is 0.410 e. The number of unbranched alkanes of at least 4 members (excludes halogenated alkanes) is 6. The van der Waals surface area contributed by atoms with Gasteiger partial charge in [0.15, 0.2) is 0 Å². The lowest BCUT2D eigenvalue weighted by atomic mass is 10.1. The lowest BCUT2D eigenvalue weighted by molar-refractivity contribution is -0.144. The van der Waals surface area contributed by atoms with Crippen molar-refractivity contribution in [1.29, 1.82) is 0 Å². The molecule has 0 aromatic heterocycles. The van der Waals surface area contributed by atoms with Gasteiger partial charge in [0.05, 0.1) is 13.2 Å². The molecule has 0 aromatic carbocycles. The molecule has 0 rings (SSSR count). The van der Waals surface area contributed by atoms with E-state index in [1.54, 1.807) is 0 Å². The van der Waals surface area contributed by atoms with Gasteiger partial charge in [-0.05, 0) is 12.3 Å². The van der Waals surface area contributed by atoms with Crippen LogP contribution in [0.25, 0.3) is 0 Å². The van der Waals surface area contributed by atoms with Gasteiger partial charge in [-0.2, -0.15) is 0 Å². The summed E-state index contributed by atoms with van der Waals surface area (Å²) in [7, 11) is 1.54. The summed E-state index contributed by atoms with van der Waals surface area (Å²) in [6, 6.07) is 0. The molecule has 0 N–H and O–H groups in total. The second-order valence-electron chi connectivity index (χ2n) is 6.17. The number of rotatable bonds is 12. The van der Waals surface area contributed by atoms with E-state index in [1.165, 1.54) is 44.1 Å². The molecule has 1 amide bonds. The van der Waals surface area contributed by atoms with Crippen molar-refractivity contribution in [2.75, 3.05) is 26.8 Å². The molecule has 0 unspecified atom stereocenters. The first-order valence-electron chi connectivity index (χ1n) is 8.50. The maximum atomic E-state index is 11.6. The lowest BCUT2D eigenvalue weighted by Gasteiger charge is -2.17. The van der Waals surface area contributed by atoms with Crippen LogP contribution in [-0.2, 0) is 14.3 Å². The Morgan fingerprint density at radius 1 is 0.955 bits per heavy atom. The zero-order chi connectivity index (χ0) is 16.8. The van der Waals surface area contributed by atoms with Crippen molar-refractivity contribution < 1.29 is 19.1 Å². The molecule has 5 nitrogen and oxygen atoms in total. The monoisotopic (exact) mass is 315 g/mol. The molecule has 0 heterocycles. The highest BCUT2D eigenvalue weighted by atomic mass is 16.6. The van der Waals surface area contributed by atoms with Crippen molar-refractivity contribution in [3.05, 3.63) is 0 Å². The zero-order valence-corrected chi connectivity index (χ0v) is 14.7. The van der Waals surface area contributed by atoms with Crippen LogP contribution in [0.3, 0.4) is 0 Å². The van der Waals surface area contributed by atoms with Gasteiger partial charge in [0.1, 0.15) is 6.54 Å². The first-order valence-corrected chi connectivity index (χ1v) is 8.50. The Hall–Kier alpha value is -1.26. The van der Waals surface area contributed by atoms with E-state index in [4.69, 9.17) is 9.47 Å². The summed E-state index contributed by atoms with van der Waals surface area (Å²) < 4.78 is 10.2. The van der Waals surface area contributed by atoms with Crippen LogP contribution in [0.1, 0.15) is 65.7 Å². The molecule has 0 aliphatic carbocycles. The minimum Gasteiger partial charge on any atom is -0.464 e. The smallest absolute Gasteiger partial charge is 0.410 e. The molecule has 130 valence electrons. The summed E-state index contributed by atoms with van der Waals surface area (Å²) in [5.74, 6) is -0.100. The number of esters is 1. The summed E-state index contributed by atoms with van der Waals surface area (Å²) in [6.07, 6.45) is 7.79. The molecule has 0 radical (unpaired) electrons. The fourth-order valence-electron chi connectivity index (χ4n) is 1.90. The number of amides is 1. The predicted molar refractivity (Wildman–Crippen MR) is 87.8 cm³/mol. The number of nitrogens with zero attached hydrogens (tertiary/aromatic N) is 1. The largest absolute Gasteiger partial charge is 0.464 e. The Morgan fingerprint density at radius 3 is 2.14 bits per heavy atom. The minimum absolute atomic E-state index is 0.0621. The first-order chi connectivity index (χ1) is 10.5. The van der Waals surface area contributed by atoms with E-state index in [1.807, 2.05) is 13.8 Å². The van der Waals surface area contributed by atoms with E-state index < -0.39 is 6.09 Å². The van der Waals surface area contributed by atoms with Crippen molar-refractivity contribution in [1.82, 2.24) is 4.90 Å². The van der Waals surface area contributed by atoms with E-state index in [0.717, 1.165) is 12.8 Å². The van der Waals surface area contributed by atoms with E-state index in [2.05, 4.69) is 6.92 Å². The Balaban J connectivity index is 3.57. The van der Waals surface area contributed by atoms with Crippen LogP contribution in [0.2, 0.25) is 0 Å². The van der Waals surface area contributed by atoms with Gasteiger partial charge in [-0.3, -0.25) is 4.79 Å². The average molecular weight is 315 g/mol. The van der Waals surface area contributed by atoms with Crippen LogP contribution >= 0.6 is 0 Å². The summed E-state index contributed by atoms with van der Waals surface area (Å²) in [5.41, 5.74) is 0. The number of carbonyl (C=O) groups excluding carboxylic acids is 2. The van der Waals surface area contributed by atoms with E-state index in [-0.39, 0.29) is 18.4 Å². The molecule has 0 spiro atoms. The van der Waals surface area contributed by atoms with Crippen LogP contribution in [0.5, 0.6) is 0 Å². The van der Waals surface area contributed by atoms with Gasteiger partial charge >= 0.3 is 12.1 Å². The number of carbonyl (C=O) groups is 2. The van der Waals surface area contributed by atoms with Crippen molar-refractivity contribution in [3.63, 3.8) is 0 Å². The van der Waals surface area contributed by atoms with Gasteiger partial charge in [-0.25, -0.2) is 4.79 Å². The molecular weight excluding hydrogens is 282 g/mol. The van der Waals surface area contributed by atoms with E-state index >= 15 is 0 Å². The molecule has 22 heavy (non-hydrogen) atoms. The molecule has 0 aliphatic heterocycles. The van der Waals surface area contributed by atoms with Crippen LogP contribution in [0, 0.1) is 5.92 Å². The van der Waals surface area contributed by atoms with Crippen LogP contribution < -0.4 is 0 Å². The highest BCUT2D eigenvalue weighted by Gasteiger charge is 2.15. The van der Waals surface area contributed by atoms with Gasteiger partial charge in [-0.1, -0.05) is 59.3 Å². The van der Waals surface area contributed by atoms with Crippen LogP contribution in [-0.4, -0.2) is 43.8 Å². The maximum absolute atomic E-state index is 11.6. The minimum atomic E-state index is -0.485. The summed E-state index contributed by atoms with van der Waals surface area (Å²) in [5, 5.41) is 0. The number of ether oxygens (including phenoxy) is 2. The fraction of sp³-hybridized carbons (Fsp3) is 0.882. The molecule has 0 aromatic rings. The van der Waals surface area contributed by atoms with Crippen molar-refractivity contribution in [2.24, 2.45) is 5.92 Å². The summed E-state index contributed by atoms with van der Waals surface area (Å²) in [4.78, 5) is 24.4. The van der Waals surface area contributed by atoms with Crippen molar-refractivity contribution in [3.8, 4) is 0 Å². The third kappa shape index (κ3) is 12.5.